The van der Waals surface area contributed by atoms with Crippen molar-refractivity contribution in [2.24, 2.45) is 0 Å². The summed E-state index contributed by atoms with van der Waals surface area (Å²) < 4.78 is 17.9. The first-order chi connectivity index (χ1) is 16.9. The van der Waals surface area contributed by atoms with E-state index in [0.717, 1.165) is 11.4 Å². The van der Waals surface area contributed by atoms with Crippen molar-refractivity contribution in [1.82, 2.24) is 9.78 Å². The number of hydrogen-bond acceptors (Lipinski definition) is 6. The van der Waals surface area contributed by atoms with Crippen molar-refractivity contribution in [3.8, 4) is 5.75 Å². The number of carbonyl (C=O) groups is 2. The minimum Gasteiger partial charge on any atom is -0.486 e. The van der Waals surface area contributed by atoms with Crippen LogP contribution >= 0.6 is 0 Å². The fraction of sp³-hybridized carbons (Fsp3) is 0.222. The van der Waals surface area contributed by atoms with E-state index in [-0.39, 0.29) is 18.3 Å². The average Bonchev–Trinajstić information content (AvgIpc) is 3.44. The zero-order chi connectivity index (χ0) is 24.9. The molecule has 1 amide bonds. The van der Waals surface area contributed by atoms with E-state index in [0.29, 0.717) is 29.3 Å². The number of ether oxygens (including phenoxy) is 2. The molecule has 8 heteroatoms. The maximum Gasteiger partial charge on any atom is 0.337 e. The third-order valence-corrected chi connectivity index (χ3v) is 5.74. The second kappa shape index (κ2) is 10.3. The number of nitrogens with one attached hydrogen (secondary N) is 1. The second-order valence-electron chi connectivity index (χ2n) is 8.15. The van der Waals surface area contributed by atoms with Crippen LogP contribution in [0.25, 0.3) is 0 Å². The van der Waals surface area contributed by atoms with E-state index in [2.05, 4.69) is 34.2 Å². The van der Waals surface area contributed by atoms with Gasteiger partial charge in [-0.1, -0.05) is 24.3 Å². The topological polar surface area (TPSA) is 95.6 Å². The summed E-state index contributed by atoms with van der Waals surface area (Å²) in [7, 11) is 1.33. The van der Waals surface area contributed by atoms with Crippen LogP contribution in [0.2, 0.25) is 0 Å². The van der Waals surface area contributed by atoms with Gasteiger partial charge in [0.2, 0.25) is 0 Å². The highest BCUT2D eigenvalue weighted by molar-refractivity contribution is 6.03. The molecule has 0 atom stereocenters. The molecule has 0 saturated heterocycles. The van der Waals surface area contributed by atoms with Gasteiger partial charge in [-0.15, -0.1) is 0 Å². The summed E-state index contributed by atoms with van der Waals surface area (Å²) >= 11 is 0. The number of carbonyl (C=O) groups excluding carboxylic acids is 2. The average molecular weight is 474 g/mol. The smallest absolute Gasteiger partial charge is 0.337 e. The SMILES string of the molecule is COC(=O)c1ccc(OCc2ccc(C(=O)Nc3c(C)nn(Cc4ccccc4C)c3C)o2)cc1. The van der Waals surface area contributed by atoms with Crippen molar-refractivity contribution in [2.75, 3.05) is 12.4 Å². The maximum atomic E-state index is 12.8. The molecular formula is C27H27N3O5. The van der Waals surface area contributed by atoms with E-state index in [1.54, 1.807) is 36.4 Å². The number of methoxy groups -OCH3 is 1. The van der Waals surface area contributed by atoms with Crippen LogP contribution in [0.3, 0.4) is 0 Å². The molecule has 2 heterocycles. The first kappa shape index (κ1) is 23.8. The Labute approximate surface area is 203 Å². The summed E-state index contributed by atoms with van der Waals surface area (Å²) in [6, 6.07) is 18.0. The van der Waals surface area contributed by atoms with Gasteiger partial charge < -0.3 is 19.2 Å². The lowest BCUT2D eigenvalue weighted by molar-refractivity contribution is 0.0600. The van der Waals surface area contributed by atoms with E-state index >= 15 is 0 Å². The lowest BCUT2D eigenvalue weighted by atomic mass is 10.1. The van der Waals surface area contributed by atoms with Gasteiger partial charge in [-0.3, -0.25) is 9.48 Å². The highest BCUT2D eigenvalue weighted by Crippen LogP contribution is 2.23. The summed E-state index contributed by atoms with van der Waals surface area (Å²) in [4.78, 5) is 24.4. The van der Waals surface area contributed by atoms with Crippen molar-refractivity contribution in [3.63, 3.8) is 0 Å². The molecule has 35 heavy (non-hydrogen) atoms. The van der Waals surface area contributed by atoms with Gasteiger partial charge in [0.15, 0.2) is 5.76 Å². The molecular weight excluding hydrogens is 446 g/mol. The first-order valence-corrected chi connectivity index (χ1v) is 11.2. The lowest BCUT2D eigenvalue weighted by Crippen LogP contribution is -2.12. The lowest BCUT2D eigenvalue weighted by Gasteiger charge is -2.08. The predicted molar refractivity (Wildman–Crippen MR) is 131 cm³/mol. The Morgan fingerprint density at radius 1 is 1.00 bits per heavy atom. The van der Waals surface area contributed by atoms with E-state index in [1.807, 2.05) is 30.7 Å². The third kappa shape index (κ3) is 5.43. The Hall–Kier alpha value is -4.33. The molecule has 180 valence electrons. The molecule has 0 aliphatic carbocycles. The highest BCUT2D eigenvalue weighted by Gasteiger charge is 2.18. The summed E-state index contributed by atoms with van der Waals surface area (Å²) in [5.74, 6) is 0.461. The normalized spacial score (nSPS) is 10.7. The molecule has 0 bridgehead atoms. The molecule has 0 aliphatic heterocycles. The predicted octanol–water partition coefficient (Wildman–Crippen LogP) is 5.07. The number of rotatable bonds is 8. The van der Waals surface area contributed by atoms with Crippen LogP contribution in [0.15, 0.2) is 65.1 Å². The number of esters is 1. The number of nitrogens with zero attached hydrogens (tertiary/aromatic N) is 2. The zero-order valence-electron chi connectivity index (χ0n) is 20.1. The number of hydrogen-bond donors (Lipinski definition) is 1. The van der Waals surface area contributed by atoms with Gasteiger partial charge in [-0.25, -0.2) is 4.79 Å². The van der Waals surface area contributed by atoms with Crippen molar-refractivity contribution in [1.29, 1.82) is 0 Å². The molecule has 8 nitrogen and oxygen atoms in total. The Bertz CT molecular complexity index is 1350. The van der Waals surface area contributed by atoms with Gasteiger partial charge in [-0.2, -0.15) is 5.10 Å². The molecule has 4 rings (SSSR count). The van der Waals surface area contributed by atoms with Crippen LogP contribution < -0.4 is 10.1 Å². The van der Waals surface area contributed by atoms with Crippen LogP contribution in [0, 0.1) is 20.8 Å². The van der Waals surface area contributed by atoms with Crippen LogP contribution in [0.5, 0.6) is 5.75 Å². The van der Waals surface area contributed by atoms with Gasteiger partial charge in [0.25, 0.3) is 5.91 Å². The molecule has 0 spiro atoms. The molecule has 1 N–H and O–H groups in total. The van der Waals surface area contributed by atoms with Crippen molar-refractivity contribution in [2.45, 2.75) is 33.9 Å². The van der Waals surface area contributed by atoms with Crippen LogP contribution in [0.1, 0.15) is 49.2 Å². The summed E-state index contributed by atoms with van der Waals surface area (Å²) in [6.07, 6.45) is 0. The number of aromatic nitrogens is 2. The molecule has 0 saturated carbocycles. The number of benzene rings is 2. The van der Waals surface area contributed by atoms with Gasteiger partial charge in [0, 0.05) is 0 Å². The van der Waals surface area contributed by atoms with Gasteiger partial charge in [-0.05, 0) is 68.3 Å². The molecule has 0 aliphatic rings. The number of furan rings is 1. The van der Waals surface area contributed by atoms with Gasteiger partial charge >= 0.3 is 5.97 Å². The molecule has 0 unspecified atom stereocenters. The van der Waals surface area contributed by atoms with E-state index in [4.69, 9.17) is 9.15 Å². The standard InChI is InChI=1S/C27H27N3O5/c1-17-7-5-6-8-21(17)15-30-19(3)25(18(2)29-30)28-26(31)24-14-13-23(35-24)16-34-22-11-9-20(10-12-22)27(32)33-4/h5-14H,15-16H2,1-4H3,(H,28,31). The first-order valence-electron chi connectivity index (χ1n) is 11.2. The van der Waals surface area contributed by atoms with Crippen molar-refractivity contribution >= 4 is 17.6 Å². The number of aryl methyl sites for hydroxylation is 2. The van der Waals surface area contributed by atoms with E-state index < -0.39 is 5.97 Å². The molecule has 2 aromatic heterocycles. The Morgan fingerprint density at radius 3 is 2.46 bits per heavy atom. The summed E-state index contributed by atoms with van der Waals surface area (Å²) in [5.41, 5.74) is 5.06. The van der Waals surface area contributed by atoms with Gasteiger partial charge in [0.1, 0.15) is 18.1 Å². The Balaban J connectivity index is 1.39. The summed E-state index contributed by atoms with van der Waals surface area (Å²) in [6.45, 7) is 6.62. The van der Waals surface area contributed by atoms with Crippen LogP contribution in [-0.2, 0) is 17.9 Å². The monoisotopic (exact) mass is 473 g/mol. The number of amides is 1. The Kier molecular flexibility index (Phi) is 7.01. The van der Waals surface area contributed by atoms with Crippen molar-refractivity contribution in [3.05, 3.63) is 100 Å². The molecule has 4 aromatic rings. The molecule has 0 radical (unpaired) electrons. The Morgan fingerprint density at radius 2 is 1.74 bits per heavy atom. The largest absolute Gasteiger partial charge is 0.486 e. The molecule has 0 fully saturated rings. The minimum atomic E-state index is -0.413. The fourth-order valence-electron chi connectivity index (χ4n) is 3.69. The third-order valence-electron chi connectivity index (χ3n) is 5.74. The quantitative estimate of drug-likeness (QED) is 0.359. The fourth-order valence-corrected chi connectivity index (χ4v) is 3.69. The highest BCUT2D eigenvalue weighted by atomic mass is 16.5. The second-order valence-corrected chi connectivity index (χ2v) is 8.15. The summed E-state index contributed by atoms with van der Waals surface area (Å²) in [5, 5.41) is 7.53. The zero-order valence-corrected chi connectivity index (χ0v) is 20.1. The maximum absolute atomic E-state index is 12.8. The van der Waals surface area contributed by atoms with Gasteiger partial charge in [0.05, 0.1) is 36.3 Å². The van der Waals surface area contributed by atoms with Crippen LogP contribution in [-0.4, -0.2) is 28.8 Å². The van der Waals surface area contributed by atoms with E-state index in [1.165, 1.54) is 18.2 Å². The van der Waals surface area contributed by atoms with Crippen LogP contribution in [0.4, 0.5) is 5.69 Å². The van der Waals surface area contributed by atoms with Crippen molar-refractivity contribution < 1.29 is 23.5 Å². The number of anilines is 1. The minimum absolute atomic E-state index is 0.136. The van der Waals surface area contributed by atoms with E-state index in [9.17, 15) is 9.59 Å². The molecule has 2 aromatic carbocycles.